The molecular formula is C11H14N4O2. The Bertz CT molecular complexity index is 452. The van der Waals surface area contributed by atoms with Crippen molar-refractivity contribution in [3.8, 4) is 0 Å². The molecule has 1 aliphatic heterocycles. The van der Waals surface area contributed by atoms with Crippen LogP contribution < -0.4 is 22.1 Å². The summed E-state index contributed by atoms with van der Waals surface area (Å²) in [6, 6.07) is 4.51. The lowest BCUT2D eigenvalue weighted by Crippen LogP contribution is -2.36. The van der Waals surface area contributed by atoms with Gasteiger partial charge in [0, 0.05) is 29.9 Å². The predicted octanol–water partition coefficient (Wildman–Crippen LogP) is -0.531. The van der Waals surface area contributed by atoms with Crippen LogP contribution in [0.2, 0.25) is 0 Å². The van der Waals surface area contributed by atoms with Crippen LogP contribution in [-0.2, 0) is 4.79 Å². The second-order valence-corrected chi connectivity index (χ2v) is 4.07. The highest BCUT2D eigenvalue weighted by Gasteiger charge is 2.23. The molecule has 1 aliphatic rings. The first-order valence-corrected chi connectivity index (χ1v) is 5.28. The van der Waals surface area contributed by atoms with E-state index in [1.165, 1.54) is 0 Å². The van der Waals surface area contributed by atoms with Crippen LogP contribution in [-0.4, -0.2) is 24.4 Å². The van der Waals surface area contributed by atoms with Crippen LogP contribution in [0.15, 0.2) is 18.2 Å². The number of carbonyl (C=O) groups excluding carboxylic acids is 2. The van der Waals surface area contributed by atoms with Crippen LogP contribution >= 0.6 is 0 Å². The quantitative estimate of drug-likeness (QED) is 0.515. The summed E-state index contributed by atoms with van der Waals surface area (Å²) in [5.41, 5.74) is 12.5. The first-order chi connectivity index (χ1) is 8.04. The van der Waals surface area contributed by atoms with Crippen LogP contribution in [0.25, 0.3) is 0 Å². The number of carbonyl (C=O) groups is 2. The molecule has 6 nitrogen and oxygen atoms in total. The number of nitrogen functional groups attached to an aromatic ring is 2. The fraction of sp³-hybridized carbons (Fsp3) is 0.273. The Morgan fingerprint density at radius 1 is 1.29 bits per heavy atom. The minimum atomic E-state index is -0.273. The second kappa shape index (κ2) is 4.32. The first kappa shape index (κ1) is 11.3. The monoisotopic (exact) mass is 234 g/mol. The van der Waals surface area contributed by atoms with E-state index in [-0.39, 0.29) is 17.9 Å². The maximum Gasteiger partial charge on any atom is 0.251 e. The molecule has 0 aliphatic carbocycles. The molecule has 1 atom stereocenters. The maximum atomic E-state index is 11.9. The summed E-state index contributed by atoms with van der Waals surface area (Å²) in [5.74, 6) is -0.326. The molecule has 1 saturated heterocycles. The zero-order chi connectivity index (χ0) is 12.4. The summed E-state index contributed by atoms with van der Waals surface area (Å²) in [6.07, 6.45) is 0.309. The van der Waals surface area contributed by atoms with Gasteiger partial charge in [-0.3, -0.25) is 9.59 Å². The van der Waals surface area contributed by atoms with E-state index < -0.39 is 0 Å². The van der Waals surface area contributed by atoms with Gasteiger partial charge in [-0.05, 0) is 18.2 Å². The smallest absolute Gasteiger partial charge is 0.251 e. The van der Waals surface area contributed by atoms with Crippen LogP contribution in [0.1, 0.15) is 16.8 Å². The number of hydrogen-bond acceptors (Lipinski definition) is 4. The van der Waals surface area contributed by atoms with Crippen LogP contribution in [0.5, 0.6) is 0 Å². The Labute approximate surface area is 98.4 Å². The largest absolute Gasteiger partial charge is 0.399 e. The zero-order valence-corrected chi connectivity index (χ0v) is 9.19. The molecule has 1 aromatic carbocycles. The van der Waals surface area contributed by atoms with E-state index in [9.17, 15) is 9.59 Å². The predicted molar refractivity (Wildman–Crippen MR) is 64.1 cm³/mol. The molecule has 1 heterocycles. The van der Waals surface area contributed by atoms with E-state index >= 15 is 0 Å². The molecule has 2 amide bonds. The molecule has 1 unspecified atom stereocenters. The van der Waals surface area contributed by atoms with Crippen molar-refractivity contribution in [3.05, 3.63) is 23.8 Å². The van der Waals surface area contributed by atoms with Crippen molar-refractivity contribution in [2.75, 3.05) is 18.0 Å². The summed E-state index contributed by atoms with van der Waals surface area (Å²) in [5, 5.41) is 5.39. The highest BCUT2D eigenvalue weighted by atomic mass is 16.2. The SMILES string of the molecule is Nc1cc(N)cc(C(=O)NC2CNC(=O)C2)c1. The topological polar surface area (TPSA) is 110 Å². The van der Waals surface area contributed by atoms with Crippen molar-refractivity contribution in [2.24, 2.45) is 0 Å². The van der Waals surface area contributed by atoms with Gasteiger partial charge < -0.3 is 22.1 Å². The molecule has 6 heteroatoms. The Morgan fingerprint density at radius 3 is 2.47 bits per heavy atom. The van der Waals surface area contributed by atoms with Crippen molar-refractivity contribution in [2.45, 2.75) is 12.5 Å². The fourth-order valence-corrected chi connectivity index (χ4v) is 1.78. The summed E-state index contributed by atoms with van der Waals surface area (Å²) in [7, 11) is 0. The number of hydrogen-bond donors (Lipinski definition) is 4. The van der Waals surface area contributed by atoms with Crippen molar-refractivity contribution in [3.63, 3.8) is 0 Å². The van der Waals surface area contributed by atoms with E-state index in [4.69, 9.17) is 11.5 Å². The van der Waals surface area contributed by atoms with Gasteiger partial charge in [-0.15, -0.1) is 0 Å². The standard InChI is InChI=1S/C11H14N4O2/c12-7-1-6(2-8(13)3-7)11(17)15-9-4-10(16)14-5-9/h1-3,9H,4-5,12-13H2,(H,14,16)(H,15,17). The number of rotatable bonds is 2. The normalized spacial score (nSPS) is 18.8. The number of amides is 2. The molecular weight excluding hydrogens is 220 g/mol. The van der Waals surface area contributed by atoms with Gasteiger partial charge in [0.1, 0.15) is 0 Å². The fourth-order valence-electron chi connectivity index (χ4n) is 1.78. The molecule has 0 aromatic heterocycles. The Hall–Kier alpha value is -2.24. The minimum Gasteiger partial charge on any atom is -0.399 e. The minimum absolute atomic E-state index is 0.0533. The van der Waals surface area contributed by atoms with Crippen LogP contribution in [0.3, 0.4) is 0 Å². The number of nitrogens with two attached hydrogens (primary N) is 2. The van der Waals surface area contributed by atoms with Gasteiger partial charge in [0.25, 0.3) is 5.91 Å². The van der Waals surface area contributed by atoms with Gasteiger partial charge in [-0.1, -0.05) is 0 Å². The third kappa shape index (κ3) is 2.66. The Morgan fingerprint density at radius 2 is 1.94 bits per heavy atom. The van der Waals surface area contributed by atoms with Crippen LogP contribution in [0.4, 0.5) is 11.4 Å². The third-order valence-electron chi connectivity index (χ3n) is 2.55. The molecule has 0 saturated carbocycles. The number of benzene rings is 1. The molecule has 6 N–H and O–H groups in total. The molecule has 1 aromatic rings. The van der Waals surface area contributed by atoms with Crippen LogP contribution in [0, 0.1) is 0 Å². The highest BCUT2D eigenvalue weighted by Crippen LogP contribution is 2.14. The maximum absolute atomic E-state index is 11.9. The van der Waals surface area contributed by atoms with Crippen molar-refractivity contribution < 1.29 is 9.59 Å². The summed E-state index contributed by atoms with van der Waals surface area (Å²) in [4.78, 5) is 22.8. The Kier molecular flexibility index (Phi) is 2.86. The highest BCUT2D eigenvalue weighted by molar-refractivity contribution is 5.96. The van der Waals surface area contributed by atoms with Gasteiger partial charge >= 0.3 is 0 Å². The second-order valence-electron chi connectivity index (χ2n) is 4.07. The van der Waals surface area contributed by atoms with E-state index in [0.29, 0.717) is 29.9 Å². The van der Waals surface area contributed by atoms with Gasteiger partial charge in [-0.2, -0.15) is 0 Å². The lowest BCUT2D eigenvalue weighted by molar-refractivity contribution is -0.119. The summed E-state index contributed by atoms with van der Waals surface area (Å²) in [6.45, 7) is 0.461. The molecule has 0 radical (unpaired) electrons. The Balaban J connectivity index is 2.06. The average Bonchev–Trinajstić information content (AvgIpc) is 2.62. The van der Waals surface area contributed by atoms with Gasteiger partial charge in [0.2, 0.25) is 5.91 Å². The van der Waals surface area contributed by atoms with E-state index in [1.54, 1.807) is 18.2 Å². The van der Waals surface area contributed by atoms with Gasteiger partial charge in [0.15, 0.2) is 0 Å². The molecule has 0 spiro atoms. The molecule has 2 rings (SSSR count). The first-order valence-electron chi connectivity index (χ1n) is 5.28. The van der Waals surface area contributed by atoms with E-state index in [0.717, 1.165) is 0 Å². The van der Waals surface area contributed by atoms with Gasteiger partial charge in [-0.25, -0.2) is 0 Å². The zero-order valence-electron chi connectivity index (χ0n) is 9.19. The number of anilines is 2. The average molecular weight is 234 g/mol. The van der Waals surface area contributed by atoms with Crippen molar-refractivity contribution in [1.29, 1.82) is 0 Å². The summed E-state index contributed by atoms with van der Waals surface area (Å²) < 4.78 is 0. The molecule has 0 bridgehead atoms. The lowest BCUT2D eigenvalue weighted by atomic mass is 10.1. The van der Waals surface area contributed by atoms with E-state index in [1.807, 2.05) is 0 Å². The van der Waals surface area contributed by atoms with Crippen molar-refractivity contribution in [1.82, 2.24) is 10.6 Å². The third-order valence-corrected chi connectivity index (χ3v) is 2.55. The summed E-state index contributed by atoms with van der Waals surface area (Å²) >= 11 is 0. The van der Waals surface area contributed by atoms with Gasteiger partial charge in [0.05, 0.1) is 6.04 Å². The molecule has 90 valence electrons. The van der Waals surface area contributed by atoms with E-state index in [2.05, 4.69) is 10.6 Å². The van der Waals surface area contributed by atoms with Crippen molar-refractivity contribution >= 4 is 23.2 Å². The molecule has 17 heavy (non-hydrogen) atoms. The lowest BCUT2D eigenvalue weighted by Gasteiger charge is -2.11. The molecule has 1 fully saturated rings. The number of nitrogens with one attached hydrogen (secondary N) is 2.